The van der Waals surface area contributed by atoms with Crippen molar-refractivity contribution in [1.29, 1.82) is 0 Å². The highest BCUT2D eigenvalue weighted by Gasteiger charge is 2.24. The van der Waals surface area contributed by atoms with Gasteiger partial charge in [-0.15, -0.1) is 0 Å². The van der Waals surface area contributed by atoms with Gasteiger partial charge in [-0.25, -0.2) is 0 Å². The molecule has 1 aromatic rings. The maximum absolute atomic E-state index is 12.2. The molecule has 1 aromatic carbocycles. The van der Waals surface area contributed by atoms with Gasteiger partial charge in [-0.2, -0.15) is 0 Å². The van der Waals surface area contributed by atoms with E-state index in [2.05, 4.69) is 0 Å². The molecular formula is C14H18N2O2. The first-order chi connectivity index (χ1) is 8.66. The minimum atomic E-state index is -0.247. The fourth-order valence-electron chi connectivity index (χ4n) is 2.39. The van der Waals surface area contributed by atoms with E-state index in [-0.39, 0.29) is 11.8 Å². The predicted molar refractivity (Wildman–Crippen MR) is 68.9 cm³/mol. The zero-order valence-electron chi connectivity index (χ0n) is 10.3. The van der Waals surface area contributed by atoms with Gasteiger partial charge in [0, 0.05) is 25.1 Å². The lowest BCUT2D eigenvalue weighted by Crippen LogP contribution is -2.39. The van der Waals surface area contributed by atoms with Gasteiger partial charge in [-0.05, 0) is 30.9 Å². The van der Waals surface area contributed by atoms with Crippen LogP contribution in [0.3, 0.4) is 0 Å². The van der Waals surface area contributed by atoms with E-state index >= 15 is 0 Å². The number of hydrogen-bond donors (Lipinski definition) is 1. The molecule has 4 heteroatoms. The van der Waals surface area contributed by atoms with Gasteiger partial charge in [0.05, 0.1) is 0 Å². The normalized spacial score (nSPS) is 16.6. The van der Waals surface area contributed by atoms with Crippen molar-refractivity contribution in [2.45, 2.75) is 19.3 Å². The molecule has 2 N–H and O–H groups in total. The van der Waals surface area contributed by atoms with Crippen LogP contribution in [0.25, 0.3) is 0 Å². The summed E-state index contributed by atoms with van der Waals surface area (Å²) in [7, 11) is 0. The Bertz CT molecular complexity index is 423. The van der Waals surface area contributed by atoms with Gasteiger partial charge in [0.25, 0.3) is 5.91 Å². The highest BCUT2D eigenvalue weighted by Crippen LogP contribution is 2.21. The molecule has 0 spiro atoms. The van der Waals surface area contributed by atoms with Gasteiger partial charge in [0.15, 0.2) is 0 Å². The first kappa shape index (κ1) is 12.6. The van der Waals surface area contributed by atoms with Crippen molar-refractivity contribution < 1.29 is 9.59 Å². The molecule has 4 nitrogen and oxygen atoms in total. The molecule has 0 radical (unpaired) electrons. The molecule has 0 aliphatic carbocycles. The number of carbonyl (C=O) groups is 2. The number of benzene rings is 1. The average Bonchev–Trinajstić information content (AvgIpc) is 2.39. The second-order valence-electron chi connectivity index (χ2n) is 4.77. The first-order valence-corrected chi connectivity index (χ1v) is 6.29. The summed E-state index contributed by atoms with van der Waals surface area (Å²) in [6.07, 6.45) is 2.16. The Labute approximate surface area is 107 Å². The lowest BCUT2D eigenvalue weighted by atomic mass is 9.93. The standard InChI is InChI=1S/C14H18N2O2/c15-13(17)10-11-6-8-16(9-7-11)14(18)12-4-2-1-3-5-12/h1-5,11H,6-10H2,(H2,15,17). The van der Waals surface area contributed by atoms with Gasteiger partial charge in [0.2, 0.25) is 5.91 Å². The Kier molecular flexibility index (Phi) is 3.97. The highest BCUT2D eigenvalue weighted by atomic mass is 16.2. The van der Waals surface area contributed by atoms with Crippen molar-refractivity contribution in [3.8, 4) is 0 Å². The number of likely N-dealkylation sites (tertiary alicyclic amines) is 1. The fourth-order valence-corrected chi connectivity index (χ4v) is 2.39. The Morgan fingerprint density at radius 1 is 1.17 bits per heavy atom. The third-order valence-electron chi connectivity index (χ3n) is 3.41. The molecule has 1 aliphatic rings. The third-order valence-corrected chi connectivity index (χ3v) is 3.41. The van der Waals surface area contributed by atoms with Gasteiger partial charge in [0.1, 0.15) is 0 Å². The summed E-state index contributed by atoms with van der Waals surface area (Å²) < 4.78 is 0. The van der Waals surface area contributed by atoms with E-state index in [0.717, 1.165) is 18.4 Å². The van der Waals surface area contributed by atoms with Crippen LogP contribution in [0.15, 0.2) is 30.3 Å². The number of rotatable bonds is 3. The monoisotopic (exact) mass is 246 g/mol. The topological polar surface area (TPSA) is 63.4 Å². The zero-order chi connectivity index (χ0) is 13.0. The zero-order valence-corrected chi connectivity index (χ0v) is 10.3. The van der Waals surface area contributed by atoms with Crippen molar-refractivity contribution in [1.82, 2.24) is 4.90 Å². The minimum Gasteiger partial charge on any atom is -0.370 e. The van der Waals surface area contributed by atoms with E-state index in [1.165, 1.54) is 0 Å². The lowest BCUT2D eigenvalue weighted by molar-refractivity contribution is -0.119. The molecule has 0 atom stereocenters. The van der Waals surface area contributed by atoms with Gasteiger partial charge < -0.3 is 10.6 Å². The van der Waals surface area contributed by atoms with Gasteiger partial charge in [-0.1, -0.05) is 18.2 Å². The van der Waals surface area contributed by atoms with Crippen molar-refractivity contribution in [2.75, 3.05) is 13.1 Å². The molecule has 18 heavy (non-hydrogen) atoms. The molecule has 2 amide bonds. The van der Waals surface area contributed by atoms with Crippen LogP contribution in [0.2, 0.25) is 0 Å². The lowest BCUT2D eigenvalue weighted by Gasteiger charge is -2.31. The van der Waals surface area contributed by atoms with Crippen molar-refractivity contribution in [2.24, 2.45) is 11.7 Å². The van der Waals surface area contributed by atoms with E-state index in [0.29, 0.717) is 25.4 Å². The molecule has 0 aromatic heterocycles. The maximum atomic E-state index is 12.2. The van der Waals surface area contributed by atoms with Crippen molar-refractivity contribution >= 4 is 11.8 Å². The number of nitrogens with two attached hydrogens (primary N) is 1. The molecule has 1 saturated heterocycles. The summed E-state index contributed by atoms with van der Waals surface area (Å²) in [6.45, 7) is 1.43. The molecule has 1 aliphatic heterocycles. The Balaban J connectivity index is 1.90. The van der Waals surface area contributed by atoms with E-state index < -0.39 is 0 Å². The summed E-state index contributed by atoms with van der Waals surface area (Å²) >= 11 is 0. The highest BCUT2D eigenvalue weighted by molar-refractivity contribution is 5.94. The van der Waals surface area contributed by atoms with Crippen LogP contribution in [0.4, 0.5) is 0 Å². The number of hydrogen-bond acceptors (Lipinski definition) is 2. The Morgan fingerprint density at radius 2 is 1.78 bits per heavy atom. The summed E-state index contributed by atoms with van der Waals surface area (Å²) in [4.78, 5) is 24.9. The summed E-state index contributed by atoms with van der Waals surface area (Å²) in [5.41, 5.74) is 5.92. The van der Waals surface area contributed by atoms with Crippen LogP contribution in [-0.4, -0.2) is 29.8 Å². The number of amides is 2. The number of nitrogens with zero attached hydrogens (tertiary/aromatic N) is 1. The molecule has 0 bridgehead atoms. The molecule has 0 saturated carbocycles. The van der Waals surface area contributed by atoms with Crippen LogP contribution >= 0.6 is 0 Å². The van der Waals surface area contributed by atoms with Gasteiger partial charge in [-0.3, -0.25) is 9.59 Å². The van der Waals surface area contributed by atoms with Crippen LogP contribution in [0, 0.1) is 5.92 Å². The van der Waals surface area contributed by atoms with E-state index in [9.17, 15) is 9.59 Å². The SMILES string of the molecule is NC(=O)CC1CCN(C(=O)c2ccccc2)CC1. The van der Waals surface area contributed by atoms with E-state index in [4.69, 9.17) is 5.73 Å². The first-order valence-electron chi connectivity index (χ1n) is 6.29. The second-order valence-corrected chi connectivity index (χ2v) is 4.77. The Hall–Kier alpha value is -1.84. The molecule has 96 valence electrons. The van der Waals surface area contributed by atoms with Crippen molar-refractivity contribution in [3.63, 3.8) is 0 Å². The van der Waals surface area contributed by atoms with Crippen LogP contribution in [-0.2, 0) is 4.79 Å². The maximum Gasteiger partial charge on any atom is 0.253 e. The largest absolute Gasteiger partial charge is 0.370 e. The quantitative estimate of drug-likeness (QED) is 0.876. The number of primary amides is 1. The van der Waals surface area contributed by atoms with Crippen LogP contribution in [0.1, 0.15) is 29.6 Å². The van der Waals surface area contributed by atoms with Gasteiger partial charge >= 0.3 is 0 Å². The molecule has 1 heterocycles. The summed E-state index contributed by atoms with van der Waals surface area (Å²) in [5.74, 6) is 0.165. The molecule has 0 unspecified atom stereocenters. The second kappa shape index (κ2) is 5.67. The van der Waals surface area contributed by atoms with Crippen molar-refractivity contribution in [3.05, 3.63) is 35.9 Å². The fraction of sp³-hybridized carbons (Fsp3) is 0.429. The number of piperidine rings is 1. The van der Waals surface area contributed by atoms with E-state index in [1.54, 1.807) is 0 Å². The summed E-state index contributed by atoms with van der Waals surface area (Å²) in [5, 5.41) is 0. The van der Waals surface area contributed by atoms with Crippen LogP contribution < -0.4 is 5.73 Å². The summed E-state index contributed by atoms with van der Waals surface area (Å²) in [6, 6.07) is 9.30. The molecule has 2 rings (SSSR count). The van der Waals surface area contributed by atoms with Crippen LogP contribution in [0.5, 0.6) is 0 Å². The van der Waals surface area contributed by atoms with E-state index in [1.807, 2.05) is 35.2 Å². The molecule has 1 fully saturated rings. The molecular weight excluding hydrogens is 228 g/mol. The average molecular weight is 246 g/mol. The third kappa shape index (κ3) is 3.09. The Morgan fingerprint density at radius 3 is 2.33 bits per heavy atom. The smallest absolute Gasteiger partial charge is 0.253 e. The predicted octanol–water partition coefficient (Wildman–Crippen LogP) is 1.41. The number of carbonyl (C=O) groups excluding carboxylic acids is 2. The minimum absolute atomic E-state index is 0.0770.